The van der Waals surface area contributed by atoms with Crippen molar-refractivity contribution < 1.29 is 23.5 Å². The predicted molar refractivity (Wildman–Crippen MR) is 169 cm³/mol. The first kappa shape index (κ1) is 30.4. The first-order valence-electron chi connectivity index (χ1n) is 14.7. The number of aromatic amines is 1. The summed E-state index contributed by atoms with van der Waals surface area (Å²) >= 11 is 0. The van der Waals surface area contributed by atoms with Gasteiger partial charge in [-0.15, -0.1) is 0 Å². The minimum absolute atomic E-state index is 0.127. The highest BCUT2D eigenvalue weighted by molar-refractivity contribution is 5.98. The van der Waals surface area contributed by atoms with Gasteiger partial charge in [0.1, 0.15) is 23.9 Å². The highest BCUT2D eigenvalue weighted by Gasteiger charge is 2.25. The van der Waals surface area contributed by atoms with E-state index in [1.54, 1.807) is 41.3 Å². The number of rotatable bonds is 13. The third-order valence-corrected chi connectivity index (χ3v) is 7.52. The summed E-state index contributed by atoms with van der Waals surface area (Å²) in [5, 5.41) is 1.12. The molecule has 0 bridgehead atoms. The molecule has 2 amide bonds. The van der Waals surface area contributed by atoms with Crippen molar-refractivity contribution in [1.29, 1.82) is 0 Å². The zero-order chi connectivity index (χ0) is 30.9. The molecule has 5 rings (SSSR count). The lowest BCUT2D eigenvalue weighted by molar-refractivity contribution is -0.132. The van der Waals surface area contributed by atoms with Crippen molar-refractivity contribution in [1.82, 2.24) is 14.8 Å². The second-order valence-electron chi connectivity index (χ2n) is 10.5. The fraction of sp³-hybridized carbons (Fsp3) is 0.222. The molecule has 0 aliphatic carbocycles. The summed E-state index contributed by atoms with van der Waals surface area (Å²) < 4.78 is 24.7. The molecule has 0 fully saturated rings. The molecule has 7 nitrogen and oxygen atoms in total. The van der Waals surface area contributed by atoms with Gasteiger partial charge in [-0.3, -0.25) is 9.59 Å². The SMILES string of the molecule is CCOc1ccc(CN(CCc2c[nH]c3ccccc23)C(=O)CN(Cc2ccc(F)cc2)C(=O)c2ccccc2OC)cc1. The molecule has 1 aromatic heterocycles. The number of fused-ring (bicyclic) bond motifs is 1. The van der Waals surface area contributed by atoms with Crippen LogP contribution in [-0.4, -0.2) is 53.4 Å². The van der Waals surface area contributed by atoms with Crippen molar-refractivity contribution in [3.63, 3.8) is 0 Å². The van der Waals surface area contributed by atoms with Gasteiger partial charge in [0, 0.05) is 36.7 Å². The lowest BCUT2D eigenvalue weighted by atomic mass is 10.1. The van der Waals surface area contributed by atoms with E-state index in [4.69, 9.17) is 9.47 Å². The van der Waals surface area contributed by atoms with Crippen LogP contribution < -0.4 is 9.47 Å². The molecule has 0 spiro atoms. The first-order chi connectivity index (χ1) is 21.4. The van der Waals surface area contributed by atoms with E-state index in [0.717, 1.165) is 27.8 Å². The molecule has 8 heteroatoms. The molecule has 0 unspecified atom stereocenters. The highest BCUT2D eigenvalue weighted by Crippen LogP contribution is 2.23. The van der Waals surface area contributed by atoms with Gasteiger partial charge in [0.2, 0.25) is 5.91 Å². The van der Waals surface area contributed by atoms with E-state index < -0.39 is 0 Å². The Morgan fingerprint density at radius 3 is 2.20 bits per heavy atom. The van der Waals surface area contributed by atoms with Crippen molar-refractivity contribution in [3.05, 3.63) is 131 Å². The molecule has 226 valence electrons. The molecule has 0 aliphatic rings. The largest absolute Gasteiger partial charge is 0.496 e. The zero-order valence-corrected chi connectivity index (χ0v) is 25.0. The Kier molecular flexibility index (Phi) is 9.92. The molecule has 1 N–H and O–H groups in total. The Hall–Kier alpha value is -5.11. The van der Waals surface area contributed by atoms with Crippen molar-refractivity contribution in [2.24, 2.45) is 0 Å². The number of amides is 2. The number of ether oxygens (including phenoxy) is 2. The molecule has 0 saturated heterocycles. The van der Waals surface area contributed by atoms with Gasteiger partial charge < -0.3 is 24.3 Å². The fourth-order valence-corrected chi connectivity index (χ4v) is 5.23. The number of benzene rings is 4. The highest BCUT2D eigenvalue weighted by atomic mass is 19.1. The van der Waals surface area contributed by atoms with Gasteiger partial charge in [0.25, 0.3) is 5.91 Å². The van der Waals surface area contributed by atoms with Gasteiger partial charge in [-0.25, -0.2) is 4.39 Å². The number of hydrogen-bond donors (Lipinski definition) is 1. The minimum atomic E-state index is -0.369. The fourth-order valence-electron chi connectivity index (χ4n) is 5.23. The molecule has 1 heterocycles. The number of H-pyrrole nitrogens is 1. The van der Waals surface area contributed by atoms with Crippen LogP contribution in [0, 0.1) is 5.82 Å². The average Bonchev–Trinajstić information content (AvgIpc) is 3.47. The summed E-state index contributed by atoms with van der Waals surface area (Å²) in [6.07, 6.45) is 2.61. The summed E-state index contributed by atoms with van der Waals surface area (Å²) in [4.78, 5) is 34.6. The Morgan fingerprint density at radius 1 is 0.818 bits per heavy atom. The van der Waals surface area contributed by atoms with Crippen LogP contribution in [0.2, 0.25) is 0 Å². The van der Waals surface area contributed by atoms with Crippen molar-refractivity contribution in [3.8, 4) is 11.5 Å². The summed E-state index contributed by atoms with van der Waals surface area (Å²) in [5.41, 5.74) is 4.15. The third-order valence-electron chi connectivity index (χ3n) is 7.52. The monoisotopic (exact) mass is 593 g/mol. The lowest BCUT2D eigenvalue weighted by Gasteiger charge is -2.28. The maximum absolute atomic E-state index is 14.1. The lowest BCUT2D eigenvalue weighted by Crippen LogP contribution is -2.43. The van der Waals surface area contributed by atoms with Gasteiger partial charge in [-0.1, -0.05) is 54.6 Å². The van der Waals surface area contributed by atoms with Crippen LogP contribution in [0.15, 0.2) is 103 Å². The summed E-state index contributed by atoms with van der Waals surface area (Å²) in [6.45, 7) is 3.27. The summed E-state index contributed by atoms with van der Waals surface area (Å²) in [6, 6.07) is 28.6. The predicted octanol–water partition coefficient (Wildman–Crippen LogP) is 6.63. The summed E-state index contributed by atoms with van der Waals surface area (Å²) in [7, 11) is 1.50. The van der Waals surface area contributed by atoms with E-state index in [1.165, 1.54) is 24.1 Å². The molecular weight excluding hydrogens is 557 g/mol. The normalized spacial score (nSPS) is 10.9. The van der Waals surface area contributed by atoms with Crippen LogP contribution in [0.4, 0.5) is 4.39 Å². The number of nitrogens with zero attached hydrogens (tertiary/aromatic N) is 2. The van der Waals surface area contributed by atoms with Crippen LogP contribution in [-0.2, 0) is 24.3 Å². The summed E-state index contributed by atoms with van der Waals surface area (Å²) in [5.74, 6) is 0.258. The number of halogens is 1. The Bertz CT molecular complexity index is 1700. The van der Waals surface area contributed by atoms with Gasteiger partial charge in [0.15, 0.2) is 0 Å². The number of carbonyl (C=O) groups is 2. The van der Waals surface area contributed by atoms with E-state index in [0.29, 0.717) is 43.0 Å². The number of hydrogen-bond acceptors (Lipinski definition) is 4. The molecule has 0 radical (unpaired) electrons. The van der Waals surface area contributed by atoms with E-state index in [-0.39, 0.29) is 30.7 Å². The minimum Gasteiger partial charge on any atom is -0.496 e. The van der Waals surface area contributed by atoms with Crippen molar-refractivity contribution >= 4 is 22.7 Å². The maximum Gasteiger partial charge on any atom is 0.258 e. The zero-order valence-electron chi connectivity index (χ0n) is 25.0. The number of nitrogens with one attached hydrogen (secondary N) is 1. The maximum atomic E-state index is 14.1. The van der Waals surface area contributed by atoms with Gasteiger partial charge in [-0.05, 0) is 72.5 Å². The Morgan fingerprint density at radius 2 is 1.48 bits per heavy atom. The van der Waals surface area contributed by atoms with Crippen molar-refractivity contribution in [2.75, 3.05) is 26.8 Å². The van der Waals surface area contributed by atoms with Gasteiger partial charge >= 0.3 is 0 Å². The second kappa shape index (κ2) is 14.4. The van der Waals surface area contributed by atoms with E-state index >= 15 is 0 Å². The molecule has 44 heavy (non-hydrogen) atoms. The number of methoxy groups -OCH3 is 1. The smallest absolute Gasteiger partial charge is 0.258 e. The molecule has 0 saturated carbocycles. The molecule has 4 aromatic carbocycles. The standard InChI is InChI=1S/C36H36FN3O4/c1-3-44-30-18-14-27(15-19-30)23-39(21-20-28-22-38-33-10-6-4-8-31(28)33)35(41)25-40(24-26-12-16-29(37)17-13-26)36(42)32-9-5-7-11-34(32)43-2/h4-19,22,38H,3,20-21,23-25H2,1-2H3. The van der Waals surface area contributed by atoms with Crippen LogP contribution in [0.25, 0.3) is 10.9 Å². The van der Waals surface area contributed by atoms with Crippen LogP contribution in [0.1, 0.15) is 34.0 Å². The van der Waals surface area contributed by atoms with E-state index in [1.807, 2.05) is 55.6 Å². The average molecular weight is 594 g/mol. The Labute approximate surface area is 256 Å². The van der Waals surface area contributed by atoms with Gasteiger partial charge in [-0.2, -0.15) is 0 Å². The number of aromatic nitrogens is 1. The van der Waals surface area contributed by atoms with Crippen LogP contribution in [0.3, 0.4) is 0 Å². The van der Waals surface area contributed by atoms with Crippen LogP contribution >= 0.6 is 0 Å². The van der Waals surface area contributed by atoms with Crippen LogP contribution in [0.5, 0.6) is 11.5 Å². The van der Waals surface area contributed by atoms with Crippen molar-refractivity contribution in [2.45, 2.75) is 26.4 Å². The Balaban J connectivity index is 1.42. The van der Waals surface area contributed by atoms with E-state index in [9.17, 15) is 14.0 Å². The molecule has 5 aromatic rings. The number of para-hydroxylation sites is 2. The quantitative estimate of drug-likeness (QED) is 0.166. The topological polar surface area (TPSA) is 74.9 Å². The molecule has 0 atom stereocenters. The third kappa shape index (κ3) is 7.45. The van der Waals surface area contributed by atoms with Gasteiger partial charge in [0.05, 0.1) is 19.3 Å². The van der Waals surface area contributed by atoms with E-state index in [2.05, 4.69) is 11.1 Å². The number of carbonyl (C=O) groups excluding carboxylic acids is 2. The molecule has 0 aliphatic heterocycles. The first-order valence-corrected chi connectivity index (χ1v) is 14.7. The molecular formula is C36H36FN3O4. The second-order valence-corrected chi connectivity index (χ2v) is 10.5.